The van der Waals surface area contributed by atoms with Gasteiger partial charge in [0.25, 0.3) is 5.91 Å². The van der Waals surface area contributed by atoms with Crippen LogP contribution in [0, 0.1) is 0 Å². The number of carbonyl (C=O) groups is 1. The molecule has 6 rings (SSSR count). The van der Waals surface area contributed by atoms with Crippen molar-refractivity contribution in [3.8, 4) is 11.3 Å². The lowest BCUT2D eigenvalue weighted by Gasteiger charge is -2.08. The van der Waals surface area contributed by atoms with Gasteiger partial charge in [0.2, 0.25) is 0 Å². The van der Waals surface area contributed by atoms with Crippen LogP contribution in [-0.4, -0.2) is 21.7 Å². The second-order valence-electron chi connectivity index (χ2n) is 9.41. The van der Waals surface area contributed by atoms with Crippen molar-refractivity contribution in [2.24, 2.45) is 5.10 Å². The van der Waals surface area contributed by atoms with Crippen LogP contribution in [0.15, 0.2) is 108 Å². The first-order chi connectivity index (χ1) is 20.4. The van der Waals surface area contributed by atoms with Gasteiger partial charge in [-0.2, -0.15) is 5.10 Å². The zero-order valence-corrected chi connectivity index (χ0v) is 25.0. The minimum Gasteiger partial charge on any atom is -0.342 e. The molecule has 0 bridgehead atoms. The van der Waals surface area contributed by atoms with Crippen LogP contribution >= 0.6 is 46.1 Å². The van der Waals surface area contributed by atoms with Gasteiger partial charge in [0.1, 0.15) is 0 Å². The predicted molar refractivity (Wildman–Crippen MR) is 175 cm³/mol. The monoisotopic (exact) mass is 629 g/mol. The molecule has 0 aliphatic carbocycles. The van der Waals surface area contributed by atoms with E-state index >= 15 is 0 Å². The van der Waals surface area contributed by atoms with Crippen LogP contribution in [0.25, 0.3) is 22.2 Å². The maximum absolute atomic E-state index is 12.8. The largest absolute Gasteiger partial charge is 0.342 e. The van der Waals surface area contributed by atoms with Crippen molar-refractivity contribution >= 4 is 80.0 Å². The van der Waals surface area contributed by atoms with E-state index in [-0.39, 0.29) is 5.91 Å². The lowest BCUT2D eigenvalue weighted by atomic mass is 10.1. The average molecular weight is 631 g/mol. The fourth-order valence-corrected chi connectivity index (χ4v) is 5.81. The number of benzene rings is 4. The molecule has 0 aliphatic rings. The molecule has 6 nitrogen and oxygen atoms in total. The van der Waals surface area contributed by atoms with Crippen LogP contribution in [0.1, 0.15) is 21.5 Å². The van der Waals surface area contributed by atoms with E-state index in [0.29, 0.717) is 27.2 Å². The number of fused-ring (bicyclic) bond motifs is 1. The molecule has 0 unspecified atom stereocenters. The summed E-state index contributed by atoms with van der Waals surface area (Å²) in [7, 11) is 0. The highest BCUT2D eigenvalue weighted by atomic mass is 35.5. The Balaban J connectivity index is 1.12. The number of anilines is 2. The molecule has 2 heterocycles. The number of carbonyl (C=O) groups excluding carboxylic acids is 1. The predicted octanol–water partition coefficient (Wildman–Crippen LogP) is 9.28. The van der Waals surface area contributed by atoms with Gasteiger partial charge in [0.15, 0.2) is 5.13 Å². The van der Waals surface area contributed by atoms with E-state index in [9.17, 15) is 4.79 Å². The van der Waals surface area contributed by atoms with Crippen LogP contribution in [0.4, 0.5) is 10.8 Å². The molecular formula is C32H22Cl3N5OS. The molecular weight excluding hydrogens is 609 g/mol. The highest BCUT2D eigenvalue weighted by Crippen LogP contribution is 2.28. The third kappa shape index (κ3) is 6.35. The number of aromatic nitrogens is 2. The van der Waals surface area contributed by atoms with Gasteiger partial charge in [-0.25, -0.2) is 10.4 Å². The minimum absolute atomic E-state index is 0.308. The summed E-state index contributed by atoms with van der Waals surface area (Å²) in [5, 5.41) is 13.1. The van der Waals surface area contributed by atoms with Crippen molar-refractivity contribution in [2.75, 3.05) is 5.32 Å². The van der Waals surface area contributed by atoms with E-state index in [1.54, 1.807) is 24.4 Å². The number of rotatable bonds is 8. The number of amides is 1. The summed E-state index contributed by atoms with van der Waals surface area (Å²) in [6, 6.07) is 28.2. The molecule has 0 saturated heterocycles. The van der Waals surface area contributed by atoms with Gasteiger partial charge < -0.3 is 9.88 Å². The van der Waals surface area contributed by atoms with Crippen molar-refractivity contribution in [3.05, 3.63) is 134 Å². The summed E-state index contributed by atoms with van der Waals surface area (Å²) in [6.07, 6.45) is 3.64. The molecule has 42 heavy (non-hydrogen) atoms. The number of thiazole rings is 1. The number of para-hydroxylation sites is 1. The van der Waals surface area contributed by atoms with E-state index in [1.807, 2.05) is 84.4 Å². The van der Waals surface area contributed by atoms with Gasteiger partial charge in [-0.3, -0.25) is 4.79 Å². The van der Waals surface area contributed by atoms with E-state index in [1.165, 1.54) is 11.3 Å². The zero-order chi connectivity index (χ0) is 29.1. The SMILES string of the molecule is O=C(N/N=C\c1cn(Cc2ccc(Cl)cc2Cl)c2ccccc12)c1ccc(-c2csc(Nc3ccc(Cl)cc3)n2)cc1. The number of hydrazone groups is 1. The number of halogens is 3. The Hall–Kier alpha value is -4.14. The molecule has 2 aromatic heterocycles. The Morgan fingerprint density at radius 3 is 2.48 bits per heavy atom. The first-order valence-electron chi connectivity index (χ1n) is 12.9. The van der Waals surface area contributed by atoms with Crippen LogP contribution < -0.4 is 10.7 Å². The smallest absolute Gasteiger partial charge is 0.271 e. The maximum Gasteiger partial charge on any atom is 0.271 e. The fraction of sp³-hybridized carbons (Fsp3) is 0.0312. The van der Waals surface area contributed by atoms with Gasteiger partial charge in [0.05, 0.1) is 11.9 Å². The van der Waals surface area contributed by atoms with Crippen LogP contribution in [0.5, 0.6) is 0 Å². The lowest BCUT2D eigenvalue weighted by Crippen LogP contribution is -2.17. The van der Waals surface area contributed by atoms with Crippen LogP contribution in [0.3, 0.4) is 0 Å². The van der Waals surface area contributed by atoms with Gasteiger partial charge >= 0.3 is 0 Å². The van der Waals surface area contributed by atoms with Crippen molar-refractivity contribution in [3.63, 3.8) is 0 Å². The van der Waals surface area contributed by atoms with E-state index < -0.39 is 0 Å². The van der Waals surface area contributed by atoms with E-state index in [0.717, 1.165) is 44.1 Å². The second kappa shape index (κ2) is 12.4. The van der Waals surface area contributed by atoms with E-state index in [2.05, 4.69) is 25.4 Å². The minimum atomic E-state index is -0.308. The summed E-state index contributed by atoms with van der Waals surface area (Å²) < 4.78 is 2.10. The average Bonchev–Trinajstić information content (AvgIpc) is 3.61. The lowest BCUT2D eigenvalue weighted by molar-refractivity contribution is 0.0955. The molecule has 10 heteroatoms. The Morgan fingerprint density at radius 1 is 0.929 bits per heavy atom. The molecule has 0 saturated carbocycles. The Kier molecular flexibility index (Phi) is 8.26. The molecule has 0 fully saturated rings. The summed E-state index contributed by atoms with van der Waals surface area (Å²) in [6.45, 7) is 0.570. The number of nitrogens with zero attached hydrogens (tertiary/aromatic N) is 3. The number of hydrogen-bond donors (Lipinski definition) is 2. The van der Waals surface area contributed by atoms with Crippen LogP contribution in [-0.2, 0) is 6.54 Å². The van der Waals surface area contributed by atoms with Gasteiger partial charge in [-0.05, 0) is 60.2 Å². The van der Waals surface area contributed by atoms with Gasteiger partial charge in [-0.1, -0.05) is 71.2 Å². The van der Waals surface area contributed by atoms with Crippen molar-refractivity contribution in [1.29, 1.82) is 0 Å². The fourth-order valence-electron chi connectivity index (χ4n) is 4.48. The Morgan fingerprint density at radius 2 is 1.69 bits per heavy atom. The molecule has 6 aromatic rings. The summed E-state index contributed by atoms with van der Waals surface area (Å²) >= 11 is 19.9. The summed E-state index contributed by atoms with van der Waals surface area (Å²) in [5.74, 6) is -0.308. The highest BCUT2D eigenvalue weighted by Gasteiger charge is 2.11. The maximum atomic E-state index is 12.8. The first kappa shape index (κ1) is 28.0. The molecule has 0 atom stereocenters. The molecule has 0 radical (unpaired) electrons. The zero-order valence-electron chi connectivity index (χ0n) is 21.9. The summed E-state index contributed by atoms with van der Waals surface area (Å²) in [5.41, 5.74) is 8.61. The van der Waals surface area contributed by atoms with Crippen molar-refractivity contribution in [2.45, 2.75) is 6.54 Å². The molecule has 4 aromatic carbocycles. The molecule has 0 spiro atoms. The first-order valence-corrected chi connectivity index (χ1v) is 14.9. The third-order valence-electron chi connectivity index (χ3n) is 6.59. The standard InChI is InChI=1S/C32H22Cl3N5OS/c33-24-11-13-26(14-12-24)37-32-38-29(19-42-32)20-5-7-21(8-6-20)31(41)39-36-16-23-18-40(30-4-2-1-3-27(23)30)17-22-9-10-25(34)15-28(22)35/h1-16,18-19H,17H2,(H,37,38)(H,39,41)/b36-16-. The van der Waals surface area contributed by atoms with Gasteiger partial charge in [-0.15, -0.1) is 11.3 Å². The van der Waals surface area contributed by atoms with Crippen molar-refractivity contribution in [1.82, 2.24) is 15.0 Å². The second-order valence-corrected chi connectivity index (χ2v) is 11.5. The summed E-state index contributed by atoms with van der Waals surface area (Å²) in [4.78, 5) is 17.5. The molecule has 208 valence electrons. The van der Waals surface area contributed by atoms with E-state index in [4.69, 9.17) is 34.8 Å². The number of hydrogen-bond acceptors (Lipinski definition) is 5. The molecule has 1 amide bonds. The van der Waals surface area contributed by atoms with Crippen molar-refractivity contribution < 1.29 is 4.79 Å². The van der Waals surface area contributed by atoms with Crippen LogP contribution in [0.2, 0.25) is 15.1 Å². The third-order valence-corrected chi connectivity index (χ3v) is 8.18. The quantitative estimate of drug-likeness (QED) is 0.130. The normalized spacial score (nSPS) is 11.3. The highest BCUT2D eigenvalue weighted by molar-refractivity contribution is 7.14. The molecule has 2 N–H and O–H groups in total. The molecule has 0 aliphatic heterocycles. The Bertz CT molecular complexity index is 1910. The van der Waals surface area contributed by atoms with Gasteiger partial charge in [0, 0.05) is 66.5 Å². The number of nitrogens with one attached hydrogen (secondary N) is 2. The topological polar surface area (TPSA) is 71.3 Å². The Labute approximate surface area is 261 Å².